The minimum atomic E-state index is -1.72. The second-order valence-corrected chi connectivity index (χ2v) is 7.46. The van der Waals surface area contributed by atoms with Gasteiger partial charge in [-0.3, -0.25) is 0 Å². The Balaban J connectivity index is 1.74. The third kappa shape index (κ3) is 5.38. The number of esters is 1. The third-order valence-corrected chi connectivity index (χ3v) is 5.24. The van der Waals surface area contributed by atoms with E-state index in [4.69, 9.17) is 28.4 Å². The van der Waals surface area contributed by atoms with E-state index in [1.165, 1.54) is 33.5 Å². The zero-order valence-corrected chi connectivity index (χ0v) is 18.9. The second-order valence-electron chi connectivity index (χ2n) is 7.46. The van der Waals surface area contributed by atoms with E-state index in [-0.39, 0.29) is 22.8 Å². The lowest BCUT2D eigenvalue weighted by molar-refractivity contribution is -0.277. The van der Waals surface area contributed by atoms with Crippen molar-refractivity contribution in [2.75, 3.05) is 27.9 Å². The maximum absolute atomic E-state index is 12.3. The Bertz CT molecular complexity index is 1010. The number of benzene rings is 2. The molecule has 1 aliphatic heterocycles. The van der Waals surface area contributed by atoms with Crippen LogP contribution in [0.15, 0.2) is 24.3 Å². The maximum Gasteiger partial charge on any atom is 0.338 e. The summed E-state index contributed by atoms with van der Waals surface area (Å²) >= 11 is 0. The molecule has 5 atom stereocenters. The fraction of sp³-hybridized carbons (Fsp3) is 0.409. The van der Waals surface area contributed by atoms with E-state index in [1.54, 1.807) is 0 Å². The number of aromatic hydroxyl groups is 3. The summed E-state index contributed by atoms with van der Waals surface area (Å²) in [4.78, 5) is 12.3. The predicted octanol–water partition coefficient (Wildman–Crippen LogP) is -0.127. The molecule has 2 aromatic rings. The summed E-state index contributed by atoms with van der Waals surface area (Å²) in [5.41, 5.74) is -0.297. The van der Waals surface area contributed by atoms with Gasteiger partial charge in [-0.25, -0.2) is 4.79 Å². The molecule has 1 saturated heterocycles. The highest BCUT2D eigenvalue weighted by Gasteiger charge is 2.45. The molecule has 0 amide bonds. The van der Waals surface area contributed by atoms with Gasteiger partial charge in [-0.15, -0.1) is 0 Å². The summed E-state index contributed by atoms with van der Waals surface area (Å²) in [6, 6.07) is 4.58. The van der Waals surface area contributed by atoms with E-state index in [2.05, 4.69) is 0 Å². The molecule has 0 unspecified atom stereocenters. The van der Waals surface area contributed by atoms with Crippen molar-refractivity contribution in [3.63, 3.8) is 0 Å². The highest BCUT2D eigenvalue weighted by atomic mass is 16.7. The van der Waals surface area contributed by atoms with Crippen molar-refractivity contribution in [2.45, 2.75) is 30.7 Å². The summed E-state index contributed by atoms with van der Waals surface area (Å²) in [6.45, 7) is -0.596. The monoisotopic (exact) mass is 498 g/mol. The van der Waals surface area contributed by atoms with Gasteiger partial charge in [0.05, 0.1) is 26.9 Å². The van der Waals surface area contributed by atoms with Crippen LogP contribution in [-0.4, -0.2) is 95.3 Å². The summed E-state index contributed by atoms with van der Waals surface area (Å²) < 4.78 is 31.9. The molecule has 1 aliphatic rings. The molecule has 192 valence electrons. The van der Waals surface area contributed by atoms with Crippen molar-refractivity contribution in [1.29, 1.82) is 0 Å². The fourth-order valence-electron chi connectivity index (χ4n) is 3.37. The molecule has 0 radical (unpaired) electrons. The quantitative estimate of drug-likeness (QED) is 0.208. The van der Waals surface area contributed by atoms with Gasteiger partial charge in [-0.05, 0) is 12.1 Å². The number of rotatable bonds is 8. The van der Waals surface area contributed by atoms with Crippen LogP contribution in [0.5, 0.6) is 40.2 Å². The number of hydrogen-bond donors (Lipinski definition) is 6. The van der Waals surface area contributed by atoms with E-state index >= 15 is 0 Å². The Kier molecular flexibility index (Phi) is 7.96. The van der Waals surface area contributed by atoms with Gasteiger partial charge in [0, 0.05) is 12.1 Å². The first-order chi connectivity index (χ1) is 16.6. The molecular formula is C22H26O13. The first-order valence-electron chi connectivity index (χ1n) is 10.2. The van der Waals surface area contributed by atoms with E-state index in [9.17, 15) is 35.4 Å². The molecule has 6 N–H and O–H groups in total. The summed E-state index contributed by atoms with van der Waals surface area (Å²) in [7, 11) is 4.20. The van der Waals surface area contributed by atoms with Crippen LogP contribution < -0.4 is 18.9 Å². The molecular weight excluding hydrogens is 472 g/mol. The van der Waals surface area contributed by atoms with Crippen molar-refractivity contribution < 1.29 is 63.9 Å². The molecule has 0 bridgehead atoms. The highest BCUT2D eigenvalue weighted by molar-refractivity contribution is 5.91. The van der Waals surface area contributed by atoms with Crippen LogP contribution in [0.25, 0.3) is 0 Å². The minimum absolute atomic E-state index is 0.109. The van der Waals surface area contributed by atoms with E-state index in [0.29, 0.717) is 5.75 Å². The number of aliphatic hydroxyl groups is 3. The molecule has 2 aromatic carbocycles. The number of carbonyl (C=O) groups excluding carboxylic acids is 1. The van der Waals surface area contributed by atoms with Crippen LogP contribution in [0, 0.1) is 0 Å². The number of phenols is 3. The first-order valence-corrected chi connectivity index (χ1v) is 10.2. The van der Waals surface area contributed by atoms with Crippen molar-refractivity contribution >= 4 is 5.97 Å². The molecule has 35 heavy (non-hydrogen) atoms. The molecule has 1 heterocycles. The SMILES string of the molecule is COc1cc(O[C@H]2O[C@@H](COC(=O)c3cc(O)c(O)c(O)c3)[C@H](O)[C@@H](O)[C@@H]2O)cc(OC)c1OC. The average molecular weight is 498 g/mol. The van der Waals surface area contributed by atoms with Crippen LogP contribution in [0.3, 0.4) is 0 Å². The molecule has 0 spiro atoms. The Morgan fingerprint density at radius 3 is 1.94 bits per heavy atom. The molecule has 1 fully saturated rings. The lowest BCUT2D eigenvalue weighted by Crippen LogP contribution is -2.60. The Labute approximate surface area is 199 Å². The third-order valence-electron chi connectivity index (χ3n) is 5.24. The molecule has 0 aliphatic carbocycles. The highest BCUT2D eigenvalue weighted by Crippen LogP contribution is 2.41. The zero-order chi connectivity index (χ0) is 25.9. The smallest absolute Gasteiger partial charge is 0.338 e. The lowest BCUT2D eigenvalue weighted by Gasteiger charge is -2.40. The van der Waals surface area contributed by atoms with Crippen molar-refractivity contribution in [1.82, 2.24) is 0 Å². The second kappa shape index (κ2) is 10.7. The van der Waals surface area contributed by atoms with Gasteiger partial charge in [0.25, 0.3) is 0 Å². The number of hydrogen-bond acceptors (Lipinski definition) is 13. The number of ether oxygens (including phenoxy) is 6. The van der Waals surface area contributed by atoms with Gasteiger partial charge >= 0.3 is 5.97 Å². The molecule has 13 heteroatoms. The molecule has 13 nitrogen and oxygen atoms in total. The number of carbonyl (C=O) groups is 1. The standard InChI is InChI=1S/C22H26O13/c1-30-13-6-10(7-14(31-2)20(13)32-3)34-22-19(28)18(27)17(26)15(35-22)8-33-21(29)9-4-11(23)16(25)12(24)5-9/h4-7,15,17-19,22-28H,8H2,1-3H3/t15-,17-,18+,19-,22-/m0/s1. The summed E-state index contributed by atoms with van der Waals surface area (Å²) in [5.74, 6) is -2.44. The Morgan fingerprint density at radius 2 is 1.43 bits per heavy atom. The van der Waals surface area contributed by atoms with Crippen LogP contribution >= 0.6 is 0 Å². The van der Waals surface area contributed by atoms with Crippen molar-refractivity contribution in [3.05, 3.63) is 29.8 Å². The van der Waals surface area contributed by atoms with Gasteiger partial charge in [0.2, 0.25) is 12.0 Å². The van der Waals surface area contributed by atoms with Gasteiger partial charge in [-0.1, -0.05) is 0 Å². The van der Waals surface area contributed by atoms with Gasteiger partial charge in [0.15, 0.2) is 28.7 Å². The lowest BCUT2D eigenvalue weighted by atomic mass is 9.99. The van der Waals surface area contributed by atoms with Gasteiger partial charge in [-0.2, -0.15) is 0 Å². The number of methoxy groups -OCH3 is 3. The largest absolute Gasteiger partial charge is 0.504 e. The average Bonchev–Trinajstić information content (AvgIpc) is 2.85. The molecule has 0 aromatic heterocycles. The van der Waals surface area contributed by atoms with E-state index in [1.807, 2.05) is 0 Å². The van der Waals surface area contributed by atoms with E-state index in [0.717, 1.165) is 12.1 Å². The number of aliphatic hydroxyl groups excluding tert-OH is 3. The Morgan fingerprint density at radius 1 is 0.857 bits per heavy atom. The van der Waals surface area contributed by atoms with Crippen LogP contribution in [0.4, 0.5) is 0 Å². The molecule has 3 rings (SSSR count). The topological polar surface area (TPSA) is 194 Å². The Hall–Kier alpha value is -3.65. The van der Waals surface area contributed by atoms with Crippen molar-refractivity contribution in [3.8, 4) is 40.2 Å². The predicted molar refractivity (Wildman–Crippen MR) is 115 cm³/mol. The first kappa shape index (κ1) is 26.0. The van der Waals surface area contributed by atoms with Crippen LogP contribution in [0.1, 0.15) is 10.4 Å². The fourth-order valence-corrected chi connectivity index (χ4v) is 3.37. The number of phenolic OH excluding ortho intramolecular Hbond substituents is 3. The summed E-state index contributed by atoms with van der Waals surface area (Å²) in [5, 5.41) is 59.4. The summed E-state index contributed by atoms with van der Waals surface area (Å²) in [6.07, 6.45) is -7.88. The van der Waals surface area contributed by atoms with Gasteiger partial charge in [0.1, 0.15) is 36.8 Å². The van der Waals surface area contributed by atoms with E-state index < -0.39 is 60.5 Å². The van der Waals surface area contributed by atoms with Gasteiger partial charge < -0.3 is 59.1 Å². The zero-order valence-electron chi connectivity index (χ0n) is 18.9. The molecule has 0 saturated carbocycles. The maximum atomic E-state index is 12.3. The van der Waals surface area contributed by atoms with Crippen LogP contribution in [0.2, 0.25) is 0 Å². The minimum Gasteiger partial charge on any atom is -0.504 e. The van der Waals surface area contributed by atoms with Crippen LogP contribution in [-0.2, 0) is 9.47 Å². The van der Waals surface area contributed by atoms with Crippen molar-refractivity contribution in [2.24, 2.45) is 0 Å². The normalized spacial score (nSPS) is 23.9.